The molecule has 0 saturated carbocycles. The third kappa shape index (κ3) is 6.38. The van der Waals surface area contributed by atoms with Gasteiger partial charge in [0.05, 0.1) is 6.61 Å². The minimum atomic E-state index is -4.74. The van der Waals surface area contributed by atoms with Gasteiger partial charge in [0.1, 0.15) is 17.4 Å². The smallest absolute Gasteiger partial charge is 0.422 e. The van der Waals surface area contributed by atoms with Crippen molar-refractivity contribution < 1.29 is 40.2 Å². The number of hydrogen-bond donors (Lipinski definition) is 0. The zero-order valence-corrected chi connectivity index (χ0v) is 20.3. The van der Waals surface area contributed by atoms with Gasteiger partial charge in [-0.3, -0.25) is 0 Å². The first-order valence-electron chi connectivity index (χ1n) is 11.9. The molecule has 0 atom stereocenters. The van der Waals surface area contributed by atoms with E-state index in [4.69, 9.17) is 4.74 Å². The molecule has 2 nitrogen and oxygen atoms in total. The molecule has 9 heteroatoms. The fraction of sp³-hybridized carbons (Fsp3) is 0.241. The summed E-state index contributed by atoms with van der Waals surface area (Å²) in [6.07, 6.45) is -3.83. The number of hydrogen-bond acceptors (Lipinski definition) is 2. The Morgan fingerprint density at radius 1 is 0.737 bits per heavy atom. The molecular weight excluding hydrogens is 513 g/mol. The van der Waals surface area contributed by atoms with Gasteiger partial charge in [0.2, 0.25) is 0 Å². The molecule has 0 heterocycles. The van der Waals surface area contributed by atoms with Crippen LogP contribution in [-0.4, -0.2) is 19.4 Å². The van der Waals surface area contributed by atoms with E-state index < -0.39 is 41.8 Å². The topological polar surface area (TPSA) is 18.5 Å². The molecule has 0 bridgehead atoms. The molecule has 0 aromatic heterocycles. The van der Waals surface area contributed by atoms with Crippen LogP contribution in [-0.2, 0) is 12.8 Å². The Morgan fingerprint density at radius 3 is 2.13 bits per heavy atom. The Labute approximate surface area is 214 Å². The summed E-state index contributed by atoms with van der Waals surface area (Å²) in [5, 5.41) is 0.834. The van der Waals surface area contributed by atoms with E-state index in [-0.39, 0.29) is 24.0 Å². The maximum atomic E-state index is 15.2. The molecule has 4 rings (SSSR count). The Hall–Kier alpha value is -3.75. The van der Waals surface area contributed by atoms with Crippen LogP contribution >= 0.6 is 0 Å². The Bertz CT molecular complexity index is 1420. The van der Waals surface area contributed by atoms with Crippen LogP contribution in [0.15, 0.2) is 60.7 Å². The van der Waals surface area contributed by atoms with Crippen LogP contribution in [0.5, 0.6) is 11.5 Å². The van der Waals surface area contributed by atoms with Gasteiger partial charge < -0.3 is 9.47 Å². The van der Waals surface area contributed by atoms with Crippen molar-refractivity contribution in [1.82, 2.24) is 0 Å². The van der Waals surface area contributed by atoms with Crippen LogP contribution in [0.1, 0.15) is 24.5 Å². The molecule has 0 fully saturated rings. The standard InChI is InChI=1S/C29H23F7O2/c1-2-11-37-21-8-10-22(24(30)15-21)19-7-9-23-20(14-19)6-5-18(27(23)33)4-3-17-12-25(31)28(26(32)13-17)38-16-29(34,35)36/h5-10,12-15H,2-4,11,16H2,1H3. The largest absolute Gasteiger partial charge is 0.494 e. The van der Waals surface area contributed by atoms with E-state index in [1.54, 1.807) is 30.3 Å². The van der Waals surface area contributed by atoms with E-state index in [1.165, 1.54) is 18.2 Å². The molecular formula is C29H23F7O2. The molecule has 200 valence electrons. The number of halogens is 7. The Kier molecular flexibility index (Phi) is 8.14. The van der Waals surface area contributed by atoms with E-state index >= 15 is 4.39 Å². The summed E-state index contributed by atoms with van der Waals surface area (Å²) in [5.41, 5.74) is 1.32. The Balaban J connectivity index is 1.51. The van der Waals surface area contributed by atoms with Crippen molar-refractivity contribution in [3.63, 3.8) is 0 Å². The molecule has 0 aliphatic rings. The van der Waals surface area contributed by atoms with Crippen LogP contribution in [0.2, 0.25) is 0 Å². The minimum Gasteiger partial charge on any atom is -0.494 e. The third-order valence-electron chi connectivity index (χ3n) is 5.88. The van der Waals surface area contributed by atoms with E-state index in [1.807, 2.05) is 6.92 Å². The first-order chi connectivity index (χ1) is 18.1. The molecule has 0 spiro atoms. The highest BCUT2D eigenvalue weighted by Crippen LogP contribution is 2.32. The summed E-state index contributed by atoms with van der Waals surface area (Å²) in [6.45, 7) is 0.597. The van der Waals surface area contributed by atoms with Gasteiger partial charge in [0.25, 0.3) is 0 Å². The normalized spacial score (nSPS) is 11.7. The van der Waals surface area contributed by atoms with Crippen LogP contribution in [0, 0.1) is 23.3 Å². The highest BCUT2D eigenvalue weighted by Gasteiger charge is 2.30. The zero-order chi connectivity index (χ0) is 27.4. The summed E-state index contributed by atoms with van der Waals surface area (Å²) in [5.74, 6) is -4.22. The van der Waals surface area contributed by atoms with Crippen LogP contribution < -0.4 is 9.47 Å². The predicted octanol–water partition coefficient (Wildman–Crippen LogP) is 8.58. The first kappa shape index (κ1) is 27.3. The van der Waals surface area contributed by atoms with Crippen LogP contribution in [0.25, 0.3) is 21.9 Å². The van der Waals surface area contributed by atoms with E-state index in [9.17, 15) is 26.3 Å². The lowest BCUT2D eigenvalue weighted by atomic mass is 9.97. The molecule has 4 aromatic carbocycles. The second-order valence-electron chi connectivity index (χ2n) is 8.76. The van der Waals surface area contributed by atoms with Crippen molar-refractivity contribution in [1.29, 1.82) is 0 Å². The summed E-state index contributed by atoms with van der Waals surface area (Å²) in [7, 11) is 0. The van der Waals surface area contributed by atoms with Gasteiger partial charge in [-0.1, -0.05) is 31.2 Å². The monoisotopic (exact) mass is 536 g/mol. The van der Waals surface area contributed by atoms with E-state index in [0.717, 1.165) is 18.6 Å². The minimum absolute atomic E-state index is 0.0333. The van der Waals surface area contributed by atoms with Gasteiger partial charge in [-0.2, -0.15) is 13.2 Å². The molecule has 38 heavy (non-hydrogen) atoms. The van der Waals surface area contributed by atoms with Crippen LogP contribution in [0.4, 0.5) is 30.7 Å². The number of rotatable bonds is 9. The summed E-state index contributed by atoms with van der Waals surface area (Å²) in [6, 6.07) is 14.3. The zero-order valence-electron chi connectivity index (χ0n) is 20.3. The van der Waals surface area contributed by atoms with Crippen molar-refractivity contribution in [3.05, 3.63) is 95.1 Å². The number of benzene rings is 4. The SMILES string of the molecule is CCCOc1ccc(-c2ccc3c(F)c(CCc4cc(F)c(OCC(F)(F)F)c(F)c4)ccc3c2)c(F)c1. The molecule has 0 N–H and O–H groups in total. The van der Waals surface area contributed by atoms with Crippen molar-refractivity contribution in [3.8, 4) is 22.6 Å². The van der Waals surface area contributed by atoms with Crippen LogP contribution in [0.3, 0.4) is 0 Å². The average molecular weight is 536 g/mol. The van der Waals surface area contributed by atoms with E-state index in [0.29, 0.717) is 34.3 Å². The maximum absolute atomic E-state index is 15.2. The molecule has 0 aliphatic carbocycles. The first-order valence-corrected chi connectivity index (χ1v) is 11.9. The van der Waals surface area contributed by atoms with Gasteiger partial charge in [-0.05, 0) is 71.7 Å². The second kappa shape index (κ2) is 11.3. The third-order valence-corrected chi connectivity index (χ3v) is 5.88. The molecule has 0 saturated heterocycles. The van der Waals surface area contributed by atoms with E-state index in [2.05, 4.69) is 4.74 Å². The van der Waals surface area contributed by atoms with Gasteiger partial charge in [0.15, 0.2) is 24.0 Å². The highest BCUT2D eigenvalue weighted by atomic mass is 19.4. The van der Waals surface area contributed by atoms with Crippen molar-refractivity contribution in [2.75, 3.05) is 13.2 Å². The van der Waals surface area contributed by atoms with Crippen molar-refractivity contribution in [2.45, 2.75) is 32.4 Å². The van der Waals surface area contributed by atoms with Crippen molar-refractivity contribution in [2.24, 2.45) is 0 Å². The number of aryl methyl sites for hydroxylation is 2. The summed E-state index contributed by atoms with van der Waals surface area (Å²) < 4.78 is 105. The molecule has 0 unspecified atom stereocenters. The summed E-state index contributed by atoms with van der Waals surface area (Å²) in [4.78, 5) is 0. The van der Waals surface area contributed by atoms with Gasteiger partial charge in [-0.15, -0.1) is 0 Å². The lowest BCUT2D eigenvalue weighted by molar-refractivity contribution is -0.154. The second-order valence-corrected chi connectivity index (χ2v) is 8.76. The average Bonchev–Trinajstić information content (AvgIpc) is 2.86. The number of fused-ring (bicyclic) bond motifs is 1. The fourth-order valence-corrected chi connectivity index (χ4v) is 4.06. The molecule has 0 aliphatic heterocycles. The van der Waals surface area contributed by atoms with Gasteiger partial charge >= 0.3 is 6.18 Å². The van der Waals surface area contributed by atoms with Gasteiger partial charge in [0, 0.05) is 17.0 Å². The van der Waals surface area contributed by atoms with Crippen molar-refractivity contribution >= 4 is 10.8 Å². The number of ether oxygens (including phenoxy) is 2. The number of alkyl halides is 3. The molecule has 4 aromatic rings. The lowest BCUT2D eigenvalue weighted by Gasteiger charge is -2.12. The lowest BCUT2D eigenvalue weighted by Crippen LogP contribution is -2.20. The predicted molar refractivity (Wildman–Crippen MR) is 130 cm³/mol. The highest BCUT2D eigenvalue weighted by molar-refractivity contribution is 5.88. The van der Waals surface area contributed by atoms with Gasteiger partial charge in [-0.25, -0.2) is 17.6 Å². The fourth-order valence-electron chi connectivity index (χ4n) is 4.06. The molecule has 0 amide bonds. The Morgan fingerprint density at radius 2 is 1.47 bits per heavy atom. The maximum Gasteiger partial charge on any atom is 0.422 e. The molecule has 0 radical (unpaired) electrons. The quantitative estimate of drug-likeness (QED) is 0.200. The summed E-state index contributed by atoms with van der Waals surface area (Å²) >= 11 is 0.